The van der Waals surface area contributed by atoms with Crippen molar-refractivity contribution in [3.05, 3.63) is 36.0 Å². The Hall–Kier alpha value is -2.50. The van der Waals surface area contributed by atoms with Gasteiger partial charge in [-0.15, -0.1) is 0 Å². The number of carbonyl (C=O) groups excluding carboxylic acids is 1. The number of hydrogen-bond acceptors (Lipinski definition) is 3. The molecular weight excluding hydrogens is 296 g/mol. The highest BCUT2D eigenvalue weighted by atomic mass is 16.6. The van der Waals surface area contributed by atoms with Gasteiger partial charge in [0, 0.05) is 17.1 Å². The second-order valence-electron chi connectivity index (χ2n) is 6.44. The average Bonchev–Trinajstić information content (AvgIpc) is 2.84. The van der Waals surface area contributed by atoms with Crippen molar-refractivity contribution in [2.75, 3.05) is 0 Å². The normalized spacial score (nSPS) is 12.8. The predicted molar refractivity (Wildman–Crippen MR) is 87.4 cm³/mol. The third-order valence-electron chi connectivity index (χ3n) is 3.37. The van der Waals surface area contributed by atoms with Crippen LogP contribution in [0.4, 0.5) is 4.79 Å². The van der Waals surface area contributed by atoms with Gasteiger partial charge in [-0.25, -0.2) is 9.59 Å². The lowest BCUT2D eigenvalue weighted by Crippen LogP contribution is -2.43. The summed E-state index contributed by atoms with van der Waals surface area (Å²) in [4.78, 5) is 26.2. The van der Waals surface area contributed by atoms with E-state index < -0.39 is 23.7 Å². The molecule has 0 bridgehead atoms. The lowest BCUT2D eigenvalue weighted by atomic mass is 10.0. The summed E-state index contributed by atoms with van der Waals surface area (Å²) in [6.45, 7) is 5.19. The highest BCUT2D eigenvalue weighted by molar-refractivity contribution is 5.83. The zero-order valence-electron chi connectivity index (χ0n) is 13.6. The van der Waals surface area contributed by atoms with Crippen molar-refractivity contribution in [2.45, 2.75) is 45.3 Å². The van der Waals surface area contributed by atoms with Crippen LogP contribution in [-0.4, -0.2) is 33.8 Å². The first-order chi connectivity index (χ1) is 10.8. The van der Waals surface area contributed by atoms with E-state index in [1.54, 1.807) is 20.8 Å². The first-order valence-corrected chi connectivity index (χ1v) is 7.53. The third kappa shape index (κ3) is 4.74. The number of aliphatic carboxylic acids is 1. The minimum absolute atomic E-state index is 0.288. The van der Waals surface area contributed by atoms with Crippen LogP contribution in [0.1, 0.15) is 32.8 Å². The second-order valence-corrected chi connectivity index (χ2v) is 6.44. The molecule has 0 radical (unpaired) electrons. The molecule has 1 aromatic heterocycles. The van der Waals surface area contributed by atoms with Gasteiger partial charge in [-0.3, -0.25) is 0 Å². The van der Waals surface area contributed by atoms with Crippen molar-refractivity contribution in [3.63, 3.8) is 0 Å². The van der Waals surface area contributed by atoms with E-state index in [0.717, 1.165) is 16.5 Å². The Morgan fingerprint density at radius 1 is 1.30 bits per heavy atom. The van der Waals surface area contributed by atoms with Crippen LogP contribution in [-0.2, 0) is 16.0 Å². The van der Waals surface area contributed by atoms with Crippen molar-refractivity contribution in [3.8, 4) is 0 Å². The molecule has 0 aliphatic rings. The Labute approximate surface area is 134 Å². The molecule has 0 aliphatic heterocycles. The van der Waals surface area contributed by atoms with E-state index in [-0.39, 0.29) is 6.42 Å². The summed E-state index contributed by atoms with van der Waals surface area (Å²) in [5.41, 5.74) is 1.37. The molecule has 0 saturated heterocycles. The molecule has 0 unspecified atom stereocenters. The van der Waals surface area contributed by atoms with Crippen molar-refractivity contribution in [1.82, 2.24) is 10.3 Å². The van der Waals surface area contributed by atoms with Crippen molar-refractivity contribution >= 4 is 23.0 Å². The minimum atomic E-state index is -1.07. The maximum atomic E-state index is 11.7. The zero-order valence-corrected chi connectivity index (χ0v) is 13.6. The highest BCUT2D eigenvalue weighted by Gasteiger charge is 2.24. The number of amides is 1. The van der Waals surface area contributed by atoms with Crippen LogP contribution in [0.5, 0.6) is 0 Å². The van der Waals surface area contributed by atoms with Gasteiger partial charge >= 0.3 is 12.1 Å². The summed E-state index contributed by atoms with van der Waals surface area (Å²) in [6, 6.07) is 6.84. The summed E-state index contributed by atoms with van der Waals surface area (Å²) >= 11 is 0. The Bertz CT molecular complexity index is 700. The standard InChI is InChI=1S/C17H22N2O4/c1-17(2,3)23-16(22)19-14(15(20)21)9-8-11-10-18-13-7-5-4-6-12(11)13/h4-7,10,14,18H,8-9H2,1-3H3,(H,19,22)(H,20,21)/t14-/m0/s1. The SMILES string of the molecule is CC(C)(C)OC(=O)N[C@@H](CCc1c[nH]c2ccccc12)C(=O)O. The van der Waals surface area contributed by atoms with Crippen LogP contribution >= 0.6 is 0 Å². The molecule has 0 aliphatic carbocycles. The molecular formula is C17H22N2O4. The Balaban J connectivity index is 2.00. The van der Waals surface area contributed by atoms with Crippen molar-refractivity contribution in [2.24, 2.45) is 0 Å². The van der Waals surface area contributed by atoms with E-state index in [1.807, 2.05) is 30.5 Å². The summed E-state index contributed by atoms with van der Waals surface area (Å²) in [7, 11) is 0. The molecule has 2 aromatic rings. The number of nitrogens with one attached hydrogen (secondary N) is 2. The smallest absolute Gasteiger partial charge is 0.408 e. The molecule has 1 amide bonds. The van der Waals surface area contributed by atoms with E-state index in [2.05, 4.69) is 10.3 Å². The molecule has 6 nitrogen and oxygen atoms in total. The van der Waals surface area contributed by atoms with Crippen LogP contribution in [0.2, 0.25) is 0 Å². The molecule has 1 aromatic carbocycles. The number of carboxylic acid groups (broad SMARTS) is 1. The number of rotatable bonds is 5. The monoisotopic (exact) mass is 318 g/mol. The van der Waals surface area contributed by atoms with E-state index in [1.165, 1.54) is 0 Å². The molecule has 6 heteroatoms. The van der Waals surface area contributed by atoms with Gasteiger partial charge in [-0.2, -0.15) is 0 Å². The number of benzene rings is 1. The molecule has 0 fully saturated rings. The number of aromatic nitrogens is 1. The number of ether oxygens (including phenoxy) is 1. The Morgan fingerprint density at radius 2 is 2.00 bits per heavy atom. The van der Waals surface area contributed by atoms with Crippen molar-refractivity contribution in [1.29, 1.82) is 0 Å². The van der Waals surface area contributed by atoms with E-state index in [4.69, 9.17) is 4.74 Å². The molecule has 23 heavy (non-hydrogen) atoms. The summed E-state index contributed by atoms with van der Waals surface area (Å²) in [5, 5.41) is 12.8. The number of H-pyrrole nitrogens is 1. The molecule has 3 N–H and O–H groups in total. The predicted octanol–water partition coefficient (Wildman–Crippen LogP) is 3.08. The lowest BCUT2D eigenvalue weighted by Gasteiger charge is -2.22. The van der Waals surface area contributed by atoms with Gasteiger partial charge in [0.25, 0.3) is 0 Å². The van der Waals surface area contributed by atoms with Crippen LogP contribution in [0, 0.1) is 0 Å². The van der Waals surface area contributed by atoms with Gasteiger partial charge in [-0.05, 0) is 45.2 Å². The molecule has 1 heterocycles. The van der Waals surface area contributed by atoms with Crippen LogP contribution < -0.4 is 5.32 Å². The maximum absolute atomic E-state index is 11.7. The lowest BCUT2D eigenvalue weighted by molar-refractivity contribution is -0.139. The molecule has 0 saturated carbocycles. The number of para-hydroxylation sites is 1. The van der Waals surface area contributed by atoms with Gasteiger partial charge in [-0.1, -0.05) is 18.2 Å². The van der Waals surface area contributed by atoms with Gasteiger partial charge < -0.3 is 20.1 Å². The fourth-order valence-corrected chi connectivity index (χ4v) is 2.35. The Morgan fingerprint density at radius 3 is 2.65 bits per heavy atom. The second kappa shape index (κ2) is 6.73. The summed E-state index contributed by atoms with van der Waals surface area (Å²) < 4.78 is 5.11. The van der Waals surface area contributed by atoms with E-state index in [0.29, 0.717) is 6.42 Å². The van der Waals surface area contributed by atoms with Gasteiger partial charge in [0.1, 0.15) is 11.6 Å². The number of hydrogen-bond donors (Lipinski definition) is 3. The largest absolute Gasteiger partial charge is 0.480 e. The number of aryl methyl sites for hydroxylation is 1. The minimum Gasteiger partial charge on any atom is -0.480 e. The number of aromatic amines is 1. The van der Waals surface area contributed by atoms with Crippen molar-refractivity contribution < 1.29 is 19.4 Å². The number of alkyl carbamates (subject to hydrolysis) is 1. The maximum Gasteiger partial charge on any atom is 0.408 e. The number of carboxylic acids is 1. The van der Waals surface area contributed by atoms with Gasteiger partial charge in [0.2, 0.25) is 0 Å². The van der Waals surface area contributed by atoms with Gasteiger partial charge in [0.15, 0.2) is 0 Å². The first-order valence-electron chi connectivity index (χ1n) is 7.53. The third-order valence-corrected chi connectivity index (χ3v) is 3.37. The van der Waals surface area contributed by atoms with E-state index >= 15 is 0 Å². The molecule has 124 valence electrons. The van der Waals surface area contributed by atoms with Gasteiger partial charge in [0.05, 0.1) is 0 Å². The number of fused-ring (bicyclic) bond motifs is 1. The van der Waals surface area contributed by atoms with Crippen LogP contribution in [0.3, 0.4) is 0 Å². The van der Waals surface area contributed by atoms with Crippen LogP contribution in [0.25, 0.3) is 10.9 Å². The first kappa shape index (κ1) is 16.9. The Kier molecular flexibility index (Phi) is 4.93. The molecule has 1 atom stereocenters. The average molecular weight is 318 g/mol. The number of carbonyl (C=O) groups is 2. The summed E-state index contributed by atoms with van der Waals surface area (Å²) in [6.07, 6.45) is 1.98. The summed E-state index contributed by atoms with van der Waals surface area (Å²) in [5.74, 6) is -1.07. The quantitative estimate of drug-likeness (QED) is 0.790. The van der Waals surface area contributed by atoms with Crippen LogP contribution in [0.15, 0.2) is 30.5 Å². The topological polar surface area (TPSA) is 91.4 Å². The fraction of sp³-hybridized carbons (Fsp3) is 0.412. The van der Waals surface area contributed by atoms with E-state index in [9.17, 15) is 14.7 Å². The molecule has 0 spiro atoms. The highest BCUT2D eigenvalue weighted by Crippen LogP contribution is 2.19. The zero-order chi connectivity index (χ0) is 17.0. The molecule has 2 rings (SSSR count). The fourth-order valence-electron chi connectivity index (χ4n) is 2.35.